The van der Waals surface area contributed by atoms with E-state index in [-0.39, 0.29) is 0 Å². The fraction of sp³-hybridized carbons (Fsp3) is 0.0400. The van der Waals surface area contributed by atoms with Crippen molar-refractivity contribution in [3.8, 4) is 5.75 Å². The van der Waals surface area contributed by atoms with Crippen LogP contribution >= 0.6 is 0 Å². The van der Waals surface area contributed by atoms with E-state index >= 15 is 0 Å². The van der Waals surface area contributed by atoms with Gasteiger partial charge in [-0.3, -0.25) is 0 Å². The first-order chi connectivity index (χ1) is 12.9. The van der Waals surface area contributed by atoms with Gasteiger partial charge in [-0.25, -0.2) is 0 Å². The Balaban J connectivity index is 1.75. The maximum Gasteiger partial charge on any atom is 0.178 e. The lowest BCUT2D eigenvalue weighted by Gasteiger charge is -2.36. The molecule has 1 heteroatoms. The molecule has 1 heterocycles. The van der Waals surface area contributed by atoms with E-state index in [0.29, 0.717) is 0 Å². The smallest absolute Gasteiger partial charge is 0.178 e. The van der Waals surface area contributed by atoms with Crippen molar-refractivity contribution in [1.29, 1.82) is 0 Å². The molecule has 0 amide bonds. The highest BCUT2D eigenvalue weighted by Gasteiger charge is 2.37. The van der Waals surface area contributed by atoms with E-state index in [2.05, 4.69) is 97.1 Å². The number of benzene rings is 4. The van der Waals surface area contributed by atoms with Crippen LogP contribution in [0.25, 0.3) is 16.8 Å². The predicted octanol–water partition coefficient (Wildman–Crippen LogP) is 6.19. The standard InChI is InChI=1S/C25H18O/c1-3-10-20(11-4-1)25(21-12-5-2-6-13-21)18-17-23-22-14-8-7-9-19(22)15-16-24(23)26-25/h1-18H. The first kappa shape index (κ1) is 15.0. The summed E-state index contributed by atoms with van der Waals surface area (Å²) in [5.41, 5.74) is 2.78. The maximum atomic E-state index is 6.71. The van der Waals surface area contributed by atoms with Crippen molar-refractivity contribution >= 4 is 16.8 Å². The minimum atomic E-state index is -0.613. The second-order valence-electron chi connectivity index (χ2n) is 6.60. The zero-order valence-corrected chi connectivity index (χ0v) is 14.3. The van der Waals surface area contributed by atoms with Crippen LogP contribution in [0.4, 0.5) is 0 Å². The van der Waals surface area contributed by atoms with Gasteiger partial charge in [0.25, 0.3) is 0 Å². The van der Waals surface area contributed by atoms with Gasteiger partial charge < -0.3 is 4.74 Å². The van der Waals surface area contributed by atoms with E-state index in [1.54, 1.807) is 0 Å². The van der Waals surface area contributed by atoms with Crippen molar-refractivity contribution < 1.29 is 4.74 Å². The molecule has 4 aromatic carbocycles. The fourth-order valence-electron chi connectivity index (χ4n) is 3.79. The number of rotatable bonds is 2. The van der Waals surface area contributed by atoms with Crippen molar-refractivity contribution in [1.82, 2.24) is 0 Å². The van der Waals surface area contributed by atoms with E-state index in [4.69, 9.17) is 4.74 Å². The minimum absolute atomic E-state index is 0.613. The molecule has 26 heavy (non-hydrogen) atoms. The van der Waals surface area contributed by atoms with Crippen molar-refractivity contribution in [3.63, 3.8) is 0 Å². The van der Waals surface area contributed by atoms with Gasteiger partial charge in [0.05, 0.1) is 0 Å². The quantitative estimate of drug-likeness (QED) is 0.425. The molecule has 0 aliphatic carbocycles. The van der Waals surface area contributed by atoms with Crippen LogP contribution < -0.4 is 4.74 Å². The Morgan fingerprint density at radius 1 is 0.577 bits per heavy atom. The third-order valence-corrected chi connectivity index (χ3v) is 5.09. The lowest BCUT2D eigenvalue weighted by atomic mass is 9.83. The highest BCUT2D eigenvalue weighted by Crippen LogP contribution is 2.43. The first-order valence-corrected chi connectivity index (χ1v) is 8.88. The first-order valence-electron chi connectivity index (χ1n) is 8.88. The molecule has 0 aromatic heterocycles. The lowest BCUT2D eigenvalue weighted by Crippen LogP contribution is -2.34. The molecule has 0 saturated carbocycles. The Labute approximate surface area is 153 Å². The minimum Gasteiger partial charge on any atom is -0.473 e. The zero-order valence-electron chi connectivity index (χ0n) is 14.3. The van der Waals surface area contributed by atoms with Gasteiger partial charge in [-0.1, -0.05) is 91.0 Å². The molecular weight excluding hydrogens is 316 g/mol. The van der Waals surface area contributed by atoms with Gasteiger partial charge >= 0.3 is 0 Å². The van der Waals surface area contributed by atoms with Crippen LogP contribution in [0, 0.1) is 0 Å². The van der Waals surface area contributed by atoms with Gasteiger partial charge in [-0.05, 0) is 29.0 Å². The third kappa shape index (κ3) is 2.25. The molecule has 0 radical (unpaired) electrons. The van der Waals surface area contributed by atoms with Crippen molar-refractivity contribution in [3.05, 3.63) is 120 Å². The molecule has 0 spiro atoms. The summed E-state index contributed by atoms with van der Waals surface area (Å²) >= 11 is 0. The van der Waals surface area contributed by atoms with E-state index < -0.39 is 5.60 Å². The second-order valence-corrected chi connectivity index (χ2v) is 6.60. The number of ether oxygens (including phenoxy) is 1. The van der Waals surface area contributed by atoms with Gasteiger partial charge in [-0.2, -0.15) is 0 Å². The molecule has 1 aliphatic rings. The molecule has 0 bridgehead atoms. The largest absolute Gasteiger partial charge is 0.473 e. The Morgan fingerprint density at radius 2 is 1.19 bits per heavy atom. The Morgan fingerprint density at radius 3 is 1.88 bits per heavy atom. The number of fused-ring (bicyclic) bond motifs is 3. The summed E-state index contributed by atoms with van der Waals surface area (Å²) in [6.07, 6.45) is 4.40. The van der Waals surface area contributed by atoms with Gasteiger partial charge in [0, 0.05) is 16.7 Å². The van der Waals surface area contributed by atoms with Crippen LogP contribution in [0.15, 0.2) is 103 Å². The molecule has 1 nitrogen and oxygen atoms in total. The van der Waals surface area contributed by atoms with E-state index in [0.717, 1.165) is 22.4 Å². The summed E-state index contributed by atoms with van der Waals surface area (Å²) < 4.78 is 6.71. The average molecular weight is 334 g/mol. The Hall–Kier alpha value is -3.32. The highest BCUT2D eigenvalue weighted by atomic mass is 16.5. The van der Waals surface area contributed by atoms with E-state index in [9.17, 15) is 0 Å². The van der Waals surface area contributed by atoms with Gasteiger partial charge in [-0.15, -0.1) is 0 Å². The van der Waals surface area contributed by atoms with Crippen LogP contribution in [0.1, 0.15) is 16.7 Å². The van der Waals surface area contributed by atoms with E-state index in [1.807, 2.05) is 12.1 Å². The van der Waals surface area contributed by atoms with Crippen LogP contribution in [0.2, 0.25) is 0 Å². The van der Waals surface area contributed by atoms with Crippen molar-refractivity contribution in [2.45, 2.75) is 5.60 Å². The molecule has 0 atom stereocenters. The van der Waals surface area contributed by atoms with Gasteiger partial charge in [0.15, 0.2) is 5.60 Å². The molecule has 0 N–H and O–H groups in total. The summed E-state index contributed by atoms with van der Waals surface area (Å²) in [4.78, 5) is 0. The summed E-state index contributed by atoms with van der Waals surface area (Å²) in [5, 5.41) is 2.45. The predicted molar refractivity (Wildman–Crippen MR) is 107 cm³/mol. The molecule has 0 saturated heterocycles. The van der Waals surface area contributed by atoms with E-state index in [1.165, 1.54) is 10.8 Å². The molecular formula is C25H18O. The summed E-state index contributed by atoms with van der Waals surface area (Å²) in [6, 6.07) is 33.5. The van der Waals surface area contributed by atoms with Crippen LogP contribution in [-0.2, 0) is 5.60 Å². The Bertz CT molecular complexity index is 1060. The number of hydrogen-bond donors (Lipinski definition) is 0. The fourth-order valence-corrected chi connectivity index (χ4v) is 3.79. The molecule has 1 aliphatic heterocycles. The maximum absolute atomic E-state index is 6.71. The van der Waals surface area contributed by atoms with Crippen molar-refractivity contribution in [2.24, 2.45) is 0 Å². The molecule has 0 fully saturated rings. The zero-order chi connectivity index (χ0) is 17.4. The van der Waals surface area contributed by atoms with Gasteiger partial charge in [0.1, 0.15) is 5.75 Å². The third-order valence-electron chi connectivity index (χ3n) is 5.09. The summed E-state index contributed by atoms with van der Waals surface area (Å²) in [5.74, 6) is 0.916. The monoisotopic (exact) mass is 334 g/mol. The SMILES string of the molecule is C1=CC(c2ccccc2)(c2ccccc2)Oc2ccc3ccccc3c21. The summed E-state index contributed by atoms with van der Waals surface area (Å²) in [7, 11) is 0. The van der Waals surface area contributed by atoms with Crippen LogP contribution in [-0.4, -0.2) is 0 Å². The molecule has 0 unspecified atom stereocenters. The Kier molecular flexibility index (Phi) is 3.39. The summed E-state index contributed by atoms with van der Waals surface area (Å²) in [6.45, 7) is 0. The lowest BCUT2D eigenvalue weighted by molar-refractivity contribution is 0.161. The topological polar surface area (TPSA) is 9.23 Å². The normalized spacial score (nSPS) is 14.6. The molecule has 4 aromatic rings. The average Bonchev–Trinajstić information content (AvgIpc) is 2.74. The highest BCUT2D eigenvalue weighted by molar-refractivity contribution is 5.94. The molecule has 5 rings (SSSR count). The second kappa shape index (κ2) is 5.89. The van der Waals surface area contributed by atoms with Crippen LogP contribution in [0.5, 0.6) is 5.75 Å². The van der Waals surface area contributed by atoms with Crippen molar-refractivity contribution in [2.75, 3.05) is 0 Å². The van der Waals surface area contributed by atoms with Crippen LogP contribution in [0.3, 0.4) is 0 Å². The molecule has 124 valence electrons. The van der Waals surface area contributed by atoms with Gasteiger partial charge in [0.2, 0.25) is 0 Å². The number of hydrogen-bond acceptors (Lipinski definition) is 1.